The number of rotatable bonds is 9. The molecule has 0 bridgehead atoms. The summed E-state index contributed by atoms with van der Waals surface area (Å²) in [4.78, 5) is 20.6. The topological polar surface area (TPSA) is 136 Å². The second kappa shape index (κ2) is 9.40. The van der Waals surface area contributed by atoms with E-state index in [9.17, 15) is 13.2 Å². The normalized spacial score (nSPS) is 11.2. The Morgan fingerprint density at radius 1 is 1.19 bits per heavy atom. The number of nitrogens with one attached hydrogen (secondary N) is 2. The first-order valence-corrected chi connectivity index (χ1v) is 9.82. The van der Waals surface area contributed by atoms with Crippen LogP contribution in [0.25, 0.3) is 0 Å². The minimum atomic E-state index is -3.69. The molecule has 0 fully saturated rings. The van der Waals surface area contributed by atoms with E-state index in [1.807, 2.05) is 0 Å². The van der Waals surface area contributed by atoms with Crippen LogP contribution in [0.5, 0.6) is 0 Å². The van der Waals surface area contributed by atoms with Crippen LogP contribution in [-0.4, -0.2) is 51.1 Å². The van der Waals surface area contributed by atoms with Gasteiger partial charge < -0.3 is 15.4 Å². The molecule has 0 spiro atoms. The maximum absolute atomic E-state index is 12.1. The van der Waals surface area contributed by atoms with E-state index in [0.29, 0.717) is 37.8 Å². The molecule has 1 aromatic heterocycles. The van der Waals surface area contributed by atoms with Crippen molar-refractivity contribution in [1.29, 1.82) is 0 Å². The highest BCUT2D eigenvalue weighted by Crippen LogP contribution is 2.10. The third kappa shape index (κ3) is 6.59. The van der Waals surface area contributed by atoms with Gasteiger partial charge in [-0.15, -0.1) is 0 Å². The smallest absolute Gasteiger partial charge is 0.270 e. The zero-order valence-corrected chi connectivity index (χ0v) is 16.0. The van der Waals surface area contributed by atoms with Crippen molar-refractivity contribution in [2.75, 3.05) is 32.1 Å². The summed E-state index contributed by atoms with van der Waals surface area (Å²) >= 11 is 0. The molecule has 0 radical (unpaired) electrons. The molecule has 1 amide bonds. The number of hydrogen-bond donors (Lipinski definition) is 3. The number of hydrogen-bond acceptors (Lipinski definition) is 7. The summed E-state index contributed by atoms with van der Waals surface area (Å²) in [5.74, 6) is 0.0623. The Hall–Kier alpha value is -2.56. The molecule has 2 aromatic rings. The van der Waals surface area contributed by atoms with Crippen LogP contribution < -0.4 is 15.8 Å². The van der Waals surface area contributed by atoms with Crippen molar-refractivity contribution in [3.8, 4) is 0 Å². The van der Waals surface area contributed by atoms with Gasteiger partial charge in [0.2, 0.25) is 16.0 Å². The quantitative estimate of drug-likeness (QED) is 0.527. The van der Waals surface area contributed by atoms with Crippen LogP contribution in [0.15, 0.2) is 35.2 Å². The Morgan fingerprint density at radius 2 is 1.89 bits per heavy atom. The number of carbonyl (C=O) groups excluding carboxylic acids is 1. The number of anilines is 1. The van der Waals surface area contributed by atoms with Gasteiger partial charge in [0, 0.05) is 25.9 Å². The monoisotopic (exact) mass is 393 g/mol. The lowest BCUT2D eigenvalue weighted by molar-refractivity contribution is 0.0932. The number of sulfonamides is 1. The van der Waals surface area contributed by atoms with Gasteiger partial charge in [-0.3, -0.25) is 4.79 Å². The number of amides is 1. The molecule has 0 aliphatic carbocycles. The minimum absolute atomic E-state index is 0.0744. The Labute approximate surface area is 158 Å². The molecule has 27 heavy (non-hydrogen) atoms. The lowest BCUT2D eigenvalue weighted by Gasteiger charge is -2.09. The molecule has 2 rings (SSSR count). The summed E-state index contributed by atoms with van der Waals surface area (Å²) in [6, 6.07) is 7.95. The summed E-state index contributed by atoms with van der Waals surface area (Å²) in [5, 5.41) is 10.9. The number of aryl methyl sites for hydroxylation is 1. The molecule has 0 saturated carbocycles. The molecule has 4 N–H and O–H groups in total. The fraction of sp³-hybridized carbons (Fsp3) is 0.353. The van der Waals surface area contributed by atoms with Gasteiger partial charge in [0.1, 0.15) is 5.69 Å². The van der Waals surface area contributed by atoms with Crippen molar-refractivity contribution < 1.29 is 17.9 Å². The van der Waals surface area contributed by atoms with Gasteiger partial charge in [-0.25, -0.2) is 23.5 Å². The Kier molecular flexibility index (Phi) is 7.22. The van der Waals surface area contributed by atoms with Gasteiger partial charge in [0.25, 0.3) is 5.91 Å². The van der Waals surface area contributed by atoms with E-state index in [-0.39, 0.29) is 16.5 Å². The van der Waals surface area contributed by atoms with Crippen molar-refractivity contribution in [1.82, 2.24) is 15.3 Å². The highest BCUT2D eigenvalue weighted by molar-refractivity contribution is 7.89. The van der Waals surface area contributed by atoms with Crippen molar-refractivity contribution in [3.63, 3.8) is 0 Å². The Bertz CT molecular complexity index is 885. The molecule has 0 atom stereocenters. The number of methoxy groups -OCH3 is 1. The number of nitrogens with two attached hydrogens (primary N) is 1. The summed E-state index contributed by atoms with van der Waals surface area (Å²) in [6.45, 7) is 3.12. The number of carbonyl (C=O) groups is 1. The number of benzene rings is 1. The molecule has 9 nitrogen and oxygen atoms in total. The van der Waals surface area contributed by atoms with Crippen molar-refractivity contribution in [2.24, 2.45) is 5.14 Å². The van der Waals surface area contributed by atoms with Crippen LogP contribution in [0.1, 0.15) is 21.7 Å². The second-order valence-corrected chi connectivity index (χ2v) is 7.39. The average Bonchev–Trinajstić information content (AvgIpc) is 2.61. The standard InChI is InChI=1S/C17H23N5O4S/c1-12-11-15(16(23)19-9-10-26-2)22-17(21-12)20-8-7-13-3-5-14(6-4-13)27(18,24)25/h3-6,11H,7-10H2,1-2H3,(H,19,23)(H2,18,24,25)(H,20,21,22). The van der Waals surface area contributed by atoms with E-state index in [1.165, 1.54) is 12.1 Å². The van der Waals surface area contributed by atoms with Gasteiger partial charge in [-0.1, -0.05) is 12.1 Å². The molecule has 0 saturated heterocycles. The predicted octanol–water partition coefficient (Wildman–Crippen LogP) is 0.463. The van der Waals surface area contributed by atoms with Crippen LogP contribution in [0.2, 0.25) is 0 Å². The molecule has 1 heterocycles. The maximum atomic E-state index is 12.1. The lowest BCUT2D eigenvalue weighted by Crippen LogP contribution is -2.28. The van der Waals surface area contributed by atoms with Gasteiger partial charge in [-0.05, 0) is 37.1 Å². The molecule has 10 heteroatoms. The Morgan fingerprint density at radius 3 is 2.52 bits per heavy atom. The average molecular weight is 393 g/mol. The summed E-state index contributed by atoms with van der Waals surface area (Å²) < 4.78 is 27.4. The SMILES string of the molecule is COCCNC(=O)c1cc(C)nc(NCCc2ccc(S(N)(=O)=O)cc2)n1. The highest BCUT2D eigenvalue weighted by atomic mass is 32.2. The van der Waals surface area contributed by atoms with E-state index < -0.39 is 10.0 Å². The number of primary sulfonamides is 1. The van der Waals surface area contributed by atoms with E-state index in [2.05, 4.69) is 20.6 Å². The van der Waals surface area contributed by atoms with Gasteiger partial charge in [0.15, 0.2) is 0 Å². The highest BCUT2D eigenvalue weighted by Gasteiger charge is 2.10. The van der Waals surface area contributed by atoms with Crippen LogP contribution in [0.4, 0.5) is 5.95 Å². The molecular formula is C17H23N5O4S. The van der Waals surface area contributed by atoms with E-state index in [4.69, 9.17) is 9.88 Å². The Balaban J connectivity index is 1.94. The lowest BCUT2D eigenvalue weighted by atomic mass is 10.1. The van der Waals surface area contributed by atoms with Crippen LogP contribution in [0.3, 0.4) is 0 Å². The van der Waals surface area contributed by atoms with E-state index in [1.54, 1.807) is 32.2 Å². The number of aromatic nitrogens is 2. The zero-order chi connectivity index (χ0) is 19.9. The third-order valence-corrected chi connectivity index (χ3v) is 4.56. The maximum Gasteiger partial charge on any atom is 0.270 e. The van der Waals surface area contributed by atoms with Gasteiger partial charge in [0.05, 0.1) is 11.5 Å². The first-order valence-electron chi connectivity index (χ1n) is 8.28. The first kappa shape index (κ1) is 20.7. The minimum Gasteiger partial charge on any atom is -0.383 e. The van der Waals surface area contributed by atoms with Crippen LogP contribution in [0, 0.1) is 6.92 Å². The van der Waals surface area contributed by atoms with Crippen molar-refractivity contribution in [2.45, 2.75) is 18.2 Å². The molecule has 0 aliphatic heterocycles. The zero-order valence-electron chi connectivity index (χ0n) is 15.2. The molecule has 146 valence electrons. The summed E-state index contributed by atoms with van der Waals surface area (Å²) in [5.41, 5.74) is 1.88. The molecular weight excluding hydrogens is 370 g/mol. The fourth-order valence-electron chi connectivity index (χ4n) is 2.29. The second-order valence-electron chi connectivity index (χ2n) is 5.83. The number of ether oxygens (including phenoxy) is 1. The van der Waals surface area contributed by atoms with Crippen molar-refractivity contribution >= 4 is 21.9 Å². The largest absolute Gasteiger partial charge is 0.383 e. The van der Waals surface area contributed by atoms with E-state index in [0.717, 1.165) is 5.56 Å². The molecule has 0 aliphatic rings. The summed E-state index contributed by atoms with van der Waals surface area (Å²) in [7, 11) is -2.13. The number of nitrogens with zero attached hydrogens (tertiary/aromatic N) is 2. The fourth-order valence-corrected chi connectivity index (χ4v) is 2.80. The van der Waals surface area contributed by atoms with Crippen LogP contribution >= 0.6 is 0 Å². The summed E-state index contributed by atoms with van der Waals surface area (Å²) in [6.07, 6.45) is 0.623. The molecule has 1 aromatic carbocycles. The van der Waals surface area contributed by atoms with E-state index >= 15 is 0 Å². The van der Waals surface area contributed by atoms with Gasteiger partial charge in [-0.2, -0.15) is 0 Å². The van der Waals surface area contributed by atoms with Crippen LogP contribution in [-0.2, 0) is 21.2 Å². The van der Waals surface area contributed by atoms with Crippen molar-refractivity contribution in [3.05, 3.63) is 47.3 Å². The first-order chi connectivity index (χ1) is 12.8. The molecule has 0 unspecified atom stereocenters. The predicted molar refractivity (Wildman–Crippen MR) is 101 cm³/mol. The third-order valence-electron chi connectivity index (χ3n) is 3.63. The van der Waals surface area contributed by atoms with Gasteiger partial charge >= 0.3 is 0 Å².